The zero-order valence-electron chi connectivity index (χ0n) is 10.2. The molecular formula is C14H20N2O. The van der Waals surface area contributed by atoms with E-state index >= 15 is 0 Å². The normalized spacial score (nSPS) is 12.6. The monoisotopic (exact) mass is 232 g/mol. The molecule has 1 atom stereocenters. The van der Waals surface area contributed by atoms with Gasteiger partial charge in [0.15, 0.2) is 0 Å². The third kappa shape index (κ3) is 5.88. The van der Waals surface area contributed by atoms with Gasteiger partial charge in [-0.2, -0.15) is 0 Å². The molecule has 1 unspecified atom stereocenters. The number of carbonyl (C=O) groups excluding carboxylic acids is 1. The van der Waals surface area contributed by atoms with Gasteiger partial charge in [0.25, 0.3) is 0 Å². The summed E-state index contributed by atoms with van der Waals surface area (Å²) in [5.41, 5.74) is 7.17. The molecule has 0 heterocycles. The van der Waals surface area contributed by atoms with E-state index in [0.29, 0.717) is 6.54 Å². The van der Waals surface area contributed by atoms with E-state index < -0.39 is 0 Å². The van der Waals surface area contributed by atoms with Crippen LogP contribution in [0.2, 0.25) is 0 Å². The van der Waals surface area contributed by atoms with E-state index in [1.807, 2.05) is 25.1 Å². The second-order valence-electron chi connectivity index (χ2n) is 3.94. The highest BCUT2D eigenvalue weighted by atomic mass is 16.1. The Kier molecular flexibility index (Phi) is 6.04. The molecule has 0 saturated heterocycles. The Morgan fingerprint density at radius 3 is 2.76 bits per heavy atom. The SMILES string of the molecule is CCNC(=O)C=CC(N)CCc1ccccc1. The average molecular weight is 232 g/mol. The smallest absolute Gasteiger partial charge is 0.243 e. The number of rotatable bonds is 6. The molecule has 1 rings (SSSR count). The summed E-state index contributed by atoms with van der Waals surface area (Å²) in [5, 5.41) is 2.69. The van der Waals surface area contributed by atoms with E-state index in [1.54, 1.807) is 6.08 Å². The number of nitrogens with one attached hydrogen (secondary N) is 1. The largest absolute Gasteiger partial charge is 0.353 e. The van der Waals surface area contributed by atoms with Crippen molar-refractivity contribution in [3.05, 3.63) is 48.0 Å². The lowest BCUT2D eigenvalue weighted by molar-refractivity contribution is -0.116. The number of benzene rings is 1. The van der Waals surface area contributed by atoms with E-state index in [9.17, 15) is 4.79 Å². The van der Waals surface area contributed by atoms with E-state index in [4.69, 9.17) is 5.73 Å². The molecule has 0 aliphatic rings. The molecule has 1 aromatic carbocycles. The van der Waals surface area contributed by atoms with Gasteiger partial charge in [-0.1, -0.05) is 36.4 Å². The standard InChI is InChI=1S/C14H20N2O/c1-2-16-14(17)11-10-13(15)9-8-12-6-4-3-5-7-12/h3-7,10-11,13H,2,8-9,15H2,1H3,(H,16,17). The van der Waals surface area contributed by atoms with Crippen molar-refractivity contribution in [2.24, 2.45) is 5.73 Å². The molecule has 0 aliphatic heterocycles. The minimum atomic E-state index is -0.0809. The molecule has 3 heteroatoms. The fourth-order valence-corrected chi connectivity index (χ4v) is 1.52. The zero-order valence-corrected chi connectivity index (χ0v) is 10.2. The number of likely N-dealkylation sites (N-methyl/N-ethyl adjacent to an activating group) is 1. The highest BCUT2D eigenvalue weighted by Crippen LogP contribution is 2.04. The summed E-state index contributed by atoms with van der Waals surface area (Å²) in [5.74, 6) is -0.0809. The van der Waals surface area contributed by atoms with Gasteiger partial charge in [-0.05, 0) is 25.3 Å². The molecule has 0 aliphatic carbocycles. The van der Waals surface area contributed by atoms with Crippen molar-refractivity contribution >= 4 is 5.91 Å². The number of nitrogens with two attached hydrogens (primary N) is 1. The van der Waals surface area contributed by atoms with Crippen LogP contribution in [0.25, 0.3) is 0 Å². The summed E-state index contributed by atoms with van der Waals surface area (Å²) in [6.07, 6.45) is 5.05. The second kappa shape index (κ2) is 7.63. The first-order valence-corrected chi connectivity index (χ1v) is 5.98. The third-order valence-electron chi connectivity index (χ3n) is 2.45. The van der Waals surface area contributed by atoms with Crippen molar-refractivity contribution in [1.82, 2.24) is 5.32 Å². The molecule has 0 saturated carbocycles. The predicted molar refractivity (Wildman–Crippen MR) is 70.6 cm³/mol. The van der Waals surface area contributed by atoms with Crippen molar-refractivity contribution in [3.63, 3.8) is 0 Å². The van der Waals surface area contributed by atoms with Gasteiger partial charge in [0.1, 0.15) is 0 Å². The molecule has 1 amide bonds. The second-order valence-corrected chi connectivity index (χ2v) is 3.94. The molecule has 0 spiro atoms. The molecule has 3 nitrogen and oxygen atoms in total. The summed E-state index contributed by atoms with van der Waals surface area (Å²) < 4.78 is 0. The summed E-state index contributed by atoms with van der Waals surface area (Å²) >= 11 is 0. The van der Waals surface area contributed by atoms with Crippen LogP contribution < -0.4 is 11.1 Å². The third-order valence-corrected chi connectivity index (χ3v) is 2.45. The van der Waals surface area contributed by atoms with Crippen LogP contribution in [-0.4, -0.2) is 18.5 Å². The summed E-state index contributed by atoms with van der Waals surface area (Å²) in [6.45, 7) is 2.53. The summed E-state index contributed by atoms with van der Waals surface area (Å²) in [7, 11) is 0. The average Bonchev–Trinajstić information content (AvgIpc) is 2.35. The first-order chi connectivity index (χ1) is 8.22. The lowest BCUT2D eigenvalue weighted by Gasteiger charge is -2.06. The molecule has 92 valence electrons. The number of hydrogen-bond donors (Lipinski definition) is 2. The fourth-order valence-electron chi connectivity index (χ4n) is 1.52. The van der Waals surface area contributed by atoms with Crippen molar-refractivity contribution in [3.8, 4) is 0 Å². The Morgan fingerprint density at radius 1 is 1.41 bits per heavy atom. The Hall–Kier alpha value is -1.61. The minimum Gasteiger partial charge on any atom is -0.353 e. The number of amides is 1. The van der Waals surface area contributed by atoms with Crippen LogP contribution >= 0.6 is 0 Å². The van der Waals surface area contributed by atoms with Crippen molar-refractivity contribution in [1.29, 1.82) is 0 Å². The Morgan fingerprint density at radius 2 is 2.12 bits per heavy atom. The van der Waals surface area contributed by atoms with Gasteiger partial charge >= 0.3 is 0 Å². The topological polar surface area (TPSA) is 55.1 Å². The van der Waals surface area contributed by atoms with Crippen LogP contribution in [-0.2, 0) is 11.2 Å². The van der Waals surface area contributed by atoms with E-state index in [-0.39, 0.29) is 11.9 Å². The van der Waals surface area contributed by atoms with Crippen molar-refractivity contribution in [2.45, 2.75) is 25.8 Å². The first-order valence-electron chi connectivity index (χ1n) is 5.98. The van der Waals surface area contributed by atoms with E-state index in [0.717, 1.165) is 12.8 Å². The lowest BCUT2D eigenvalue weighted by atomic mass is 10.1. The molecule has 0 bridgehead atoms. The molecular weight excluding hydrogens is 212 g/mol. The van der Waals surface area contributed by atoms with Crippen molar-refractivity contribution in [2.75, 3.05) is 6.54 Å². The molecule has 0 aromatic heterocycles. The van der Waals surface area contributed by atoms with E-state index in [1.165, 1.54) is 11.6 Å². The molecule has 1 aromatic rings. The highest BCUT2D eigenvalue weighted by Gasteiger charge is 2.00. The first kappa shape index (κ1) is 13.5. The quantitative estimate of drug-likeness (QED) is 0.733. The summed E-state index contributed by atoms with van der Waals surface area (Å²) in [6, 6.07) is 10.1. The Labute approximate surface area is 103 Å². The summed E-state index contributed by atoms with van der Waals surface area (Å²) in [4.78, 5) is 11.2. The predicted octanol–water partition coefficient (Wildman–Crippen LogP) is 1.64. The van der Waals surface area contributed by atoms with E-state index in [2.05, 4.69) is 17.4 Å². The molecule has 17 heavy (non-hydrogen) atoms. The molecule has 0 fully saturated rings. The maximum Gasteiger partial charge on any atom is 0.243 e. The van der Waals surface area contributed by atoms with Crippen molar-refractivity contribution < 1.29 is 4.79 Å². The van der Waals surface area contributed by atoms with Crippen LogP contribution in [0.4, 0.5) is 0 Å². The Bertz CT molecular complexity index is 360. The van der Waals surface area contributed by atoms with Gasteiger partial charge in [0, 0.05) is 18.7 Å². The van der Waals surface area contributed by atoms with Crippen LogP contribution in [0, 0.1) is 0 Å². The zero-order chi connectivity index (χ0) is 12.5. The van der Waals surface area contributed by atoms with Gasteiger partial charge in [-0.25, -0.2) is 0 Å². The number of carbonyl (C=O) groups is 1. The van der Waals surface area contributed by atoms with Crippen LogP contribution in [0.5, 0.6) is 0 Å². The van der Waals surface area contributed by atoms with Gasteiger partial charge < -0.3 is 11.1 Å². The molecule has 3 N–H and O–H groups in total. The fraction of sp³-hybridized carbons (Fsp3) is 0.357. The maximum absolute atomic E-state index is 11.2. The maximum atomic E-state index is 11.2. The number of aryl methyl sites for hydroxylation is 1. The molecule has 0 radical (unpaired) electrons. The lowest BCUT2D eigenvalue weighted by Crippen LogP contribution is -2.22. The van der Waals surface area contributed by atoms with Crippen LogP contribution in [0.1, 0.15) is 18.9 Å². The van der Waals surface area contributed by atoms with Gasteiger partial charge in [0.2, 0.25) is 5.91 Å². The van der Waals surface area contributed by atoms with Gasteiger partial charge in [-0.15, -0.1) is 0 Å². The van der Waals surface area contributed by atoms with Gasteiger partial charge in [-0.3, -0.25) is 4.79 Å². The van der Waals surface area contributed by atoms with Gasteiger partial charge in [0.05, 0.1) is 0 Å². The van der Waals surface area contributed by atoms with Crippen LogP contribution in [0.15, 0.2) is 42.5 Å². The van der Waals surface area contributed by atoms with Crippen LogP contribution in [0.3, 0.4) is 0 Å². The highest BCUT2D eigenvalue weighted by molar-refractivity contribution is 5.87. The minimum absolute atomic E-state index is 0.0715. The number of hydrogen-bond acceptors (Lipinski definition) is 2. The Balaban J connectivity index is 2.30.